The van der Waals surface area contributed by atoms with Crippen molar-refractivity contribution in [2.75, 3.05) is 25.0 Å². The number of benzene rings is 1. The molecule has 0 bridgehead atoms. The summed E-state index contributed by atoms with van der Waals surface area (Å²) in [4.78, 5) is 36.6. The van der Waals surface area contributed by atoms with Crippen molar-refractivity contribution in [3.8, 4) is 27.6 Å². The minimum Gasteiger partial charge on any atom is -0.482 e. The first-order valence-corrected chi connectivity index (χ1v) is 12.9. The van der Waals surface area contributed by atoms with Gasteiger partial charge in [-0.3, -0.25) is 14.9 Å². The van der Waals surface area contributed by atoms with Crippen molar-refractivity contribution >= 4 is 39.6 Å². The molecular formula is C25H24N4O3S2. The molecular weight excluding hydrogens is 468 g/mol. The fraction of sp³-hybridized carbons (Fsp3) is 0.240. The standard InChI is InChI=1S/C25H24N4O3S2/c30-22(29-12-5-2-6-13-29)15-32-20-14-21(17-8-3-1-4-9-17)34-23(20)24(31)28-25-27-19(16-33-25)18-10-7-11-26-18/h1,3-4,7-11,14,16,26H,2,5-6,12-13,15H2,(H,27,28,31). The first-order chi connectivity index (χ1) is 16.7. The summed E-state index contributed by atoms with van der Waals surface area (Å²) >= 11 is 2.70. The maximum absolute atomic E-state index is 13.2. The van der Waals surface area contributed by atoms with E-state index < -0.39 is 0 Å². The molecule has 174 valence electrons. The van der Waals surface area contributed by atoms with Gasteiger partial charge in [-0.25, -0.2) is 4.98 Å². The topological polar surface area (TPSA) is 87.3 Å². The SMILES string of the molecule is O=C(Nc1nc(-c2ccc[nH]2)cs1)c1sc(-c2ccccc2)cc1OCC(=O)N1CCCCC1. The zero-order valence-electron chi connectivity index (χ0n) is 18.5. The van der Waals surface area contributed by atoms with E-state index in [1.165, 1.54) is 22.7 Å². The molecule has 1 aromatic carbocycles. The van der Waals surface area contributed by atoms with E-state index in [0.717, 1.165) is 54.2 Å². The van der Waals surface area contributed by atoms with Crippen LogP contribution in [0.3, 0.4) is 0 Å². The third-order valence-electron chi connectivity index (χ3n) is 5.62. The van der Waals surface area contributed by atoms with Crippen LogP contribution in [0.4, 0.5) is 5.13 Å². The Labute approximate surface area is 205 Å². The fourth-order valence-corrected chi connectivity index (χ4v) is 5.56. The molecule has 2 amide bonds. The summed E-state index contributed by atoms with van der Waals surface area (Å²) in [5.41, 5.74) is 2.64. The van der Waals surface area contributed by atoms with Crippen LogP contribution in [0.5, 0.6) is 5.75 Å². The molecule has 1 fully saturated rings. The van der Waals surface area contributed by atoms with Gasteiger partial charge in [0, 0.05) is 29.5 Å². The highest BCUT2D eigenvalue weighted by Crippen LogP contribution is 2.37. The van der Waals surface area contributed by atoms with Crippen LogP contribution < -0.4 is 10.1 Å². The minimum atomic E-state index is -0.306. The average Bonchev–Trinajstić information content (AvgIpc) is 3.64. The van der Waals surface area contributed by atoms with E-state index in [0.29, 0.717) is 15.8 Å². The van der Waals surface area contributed by atoms with Crippen molar-refractivity contribution in [2.24, 2.45) is 0 Å². The molecule has 0 spiro atoms. The summed E-state index contributed by atoms with van der Waals surface area (Å²) in [6, 6.07) is 15.5. The van der Waals surface area contributed by atoms with Crippen LogP contribution >= 0.6 is 22.7 Å². The van der Waals surface area contributed by atoms with E-state index in [2.05, 4.69) is 15.3 Å². The van der Waals surface area contributed by atoms with Crippen molar-refractivity contribution < 1.29 is 14.3 Å². The highest BCUT2D eigenvalue weighted by Gasteiger charge is 2.22. The van der Waals surface area contributed by atoms with Crippen molar-refractivity contribution in [3.05, 3.63) is 65.0 Å². The quantitative estimate of drug-likeness (QED) is 0.356. The predicted octanol–water partition coefficient (Wildman–Crippen LogP) is 5.51. The number of nitrogens with zero attached hydrogens (tertiary/aromatic N) is 2. The molecule has 0 radical (unpaired) electrons. The molecule has 0 aliphatic carbocycles. The van der Waals surface area contributed by atoms with Gasteiger partial charge in [-0.05, 0) is 43.0 Å². The molecule has 1 aliphatic heterocycles. The van der Waals surface area contributed by atoms with Gasteiger partial charge in [0.2, 0.25) is 0 Å². The molecule has 9 heteroatoms. The lowest BCUT2D eigenvalue weighted by Crippen LogP contribution is -2.38. The molecule has 1 saturated heterocycles. The largest absolute Gasteiger partial charge is 0.482 e. The number of aromatic amines is 1. The summed E-state index contributed by atoms with van der Waals surface area (Å²) in [5.74, 6) is 0.0573. The van der Waals surface area contributed by atoms with Crippen LogP contribution in [0.15, 0.2) is 60.1 Å². The first kappa shape index (κ1) is 22.4. The predicted molar refractivity (Wildman–Crippen MR) is 136 cm³/mol. The second-order valence-corrected chi connectivity index (χ2v) is 9.89. The number of hydrogen-bond donors (Lipinski definition) is 2. The maximum atomic E-state index is 13.2. The molecule has 1 aliphatic rings. The number of ether oxygens (including phenoxy) is 1. The van der Waals surface area contributed by atoms with Crippen LogP contribution in [0, 0.1) is 0 Å². The number of aromatic nitrogens is 2. The molecule has 2 N–H and O–H groups in total. The number of thiophene rings is 1. The lowest BCUT2D eigenvalue weighted by atomic mass is 10.1. The Hall–Kier alpha value is -3.43. The molecule has 3 aromatic heterocycles. The molecule has 7 nitrogen and oxygen atoms in total. The highest BCUT2D eigenvalue weighted by atomic mass is 32.1. The zero-order valence-corrected chi connectivity index (χ0v) is 20.1. The van der Waals surface area contributed by atoms with E-state index in [-0.39, 0.29) is 18.4 Å². The van der Waals surface area contributed by atoms with Crippen molar-refractivity contribution in [1.29, 1.82) is 0 Å². The van der Waals surface area contributed by atoms with E-state index in [4.69, 9.17) is 4.74 Å². The summed E-state index contributed by atoms with van der Waals surface area (Å²) in [6.07, 6.45) is 5.03. The molecule has 0 saturated carbocycles. The van der Waals surface area contributed by atoms with Gasteiger partial charge < -0.3 is 14.6 Å². The van der Waals surface area contributed by atoms with Crippen LogP contribution in [-0.4, -0.2) is 46.4 Å². The Morgan fingerprint density at radius 1 is 1.09 bits per heavy atom. The van der Waals surface area contributed by atoms with Gasteiger partial charge in [0.1, 0.15) is 10.6 Å². The van der Waals surface area contributed by atoms with Gasteiger partial charge in [0.15, 0.2) is 11.7 Å². The Balaban J connectivity index is 1.35. The normalized spacial score (nSPS) is 13.6. The van der Waals surface area contributed by atoms with Crippen LogP contribution in [0.1, 0.15) is 28.9 Å². The summed E-state index contributed by atoms with van der Waals surface area (Å²) in [7, 11) is 0. The highest BCUT2D eigenvalue weighted by molar-refractivity contribution is 7.18. The van der Waals surface area contributed by atoms with Gasteiger partial charge in [-0.15, -0.1) is 22.7 Å². The van der Waals surface area contributed by atoms with Gasteiger partial charge in [0.25, 0.3) is 11.8 Å². The molecule has 0 unspecified atom stereocenters. The number of anilines is 1. The lowest BCUT2D eigenvalue weighted by molar-refractivity contribution is -0.134. The Morgan fingerprint density at radius 3 is 2.68 bits per heavy atom. The monoisotopic (exact) mass is 492 g/mol. The number of hydrogen-bond acceptors (Lipinski definition) is 6. The lowest BCUT2D eigenvalue weighted by Gasteiger charge is -2.26. The summed E-state index contributed by atoms with van der Waals surface area (Å²) in [6.45, 7) is 1.45. The molecule has 0 atom stereocenters. The molecule has 5 rings (SSSR count). The molecule has 34 heavy (non-hydrogen) atoms. The van der Waals surface area contributed by atoms with Crippen LogP contribution in [0.2, 0.25) is 0 Å². The third kappa shape index (κ3) is 5.05. The third-order valence-corrected chi connectivity index (χ3v) is 7.54. The fourth-order valence-electron chi connectivity index (χ4n) is 3.86. The number of carbonyl (C=O) groups excluding carboxylic acids is 2. The van der Waals surface area contributed by atoms with E-state index >= 15 is 0 Å². The Bertz CT molecular complexity index is 1260. The maximum Gasteiger partial charge on any atom is 0.271 e. The van der Waals surface area contributed by atoms with Crippen molar-refractivity contribution in [2.45, 2.75) is 19.3 Å². The van der Waals surface area contributed by atoms with Crippen LogP contribution in [-0.2, 0) is 4.79 Å². The van der Waals surface area contributed by atoms with Gasteiger partial charge in [-0.1, -0.05) is 30.3 Å². The Kier molecular flexibility index (Phi) is 6.73. The van der Waals surface area contributed by atoms with E-state index in [1.807, 2.05) is 65.0 Å². The van der Waals surface area contributed by atoms with E-state index in [9.17, 15) is 9.59 Å². The number of nitrogens with one attached hydrogen (secondary N) is 2. The Morgan fingerprint density at radius 2 is 1.91 bits per heavy atom. The van der Waals surface area contributed by atoms with Gasteiger partial charge >= 0.3 is 0 Å². The van der Waals surface area contributed by atoms with Crippen molar-refractivity contribution in [3.63, 3.8) is 0 Å². The van der Waals surface area contributed by atoms with Gasteiger partial charge in [0.05, 0.1) is 11.4 Å². The summed E-state index contributed by atoms with van der Waals surface area (Å²) < 4.78 is 5.91. The minimum absolute atomic E-state index is 0.0472. The second-order valence-electron chi connectivity index (χ2n) is 7.98. The number of amides is 2. The number of carbonyl (C=O) groups is 2. The van der Waals surface area contributed by atoms with Crippen molar-refractivity contribution in [1.82, 2.24) is 14.9 Å². The number of rotatable bonds is 7. The number of likely N-dealkylation sites (tertiary alicyclic amines) is 1. The molecule has 4 heterocycles. The first-order valence-electron chi connectivity index (χ1n) is 11.2. The smallest absolute Gasteiger partial charge is 0.271 e. The summed E-state index contributed by atoms with van der Waals surface area (Å²) in [5, 5.41) is 5.27. The number of piperidine rings is 1. The number of H-pyrrole nitrogens is 1. The second kappa shape index (κ2) is 10.2. The van der Waals surface area contributed by atoms with E-state index in [1.54, 1.807) is 0 Å². The number of thiazole rings is 1. The zero-order chi connectivity index (χ0) is 23.3. The molecule has 4 aromatic rings. The average molecular weight is 493 g/mol. The van der Waals surface area contributed by atoms with Crippen LogP contribution in [0.25, 0.3) is 21.8 Å². The van der Waals surface area contributed by atoms with Gasteiger partial charge in [-0.2, -0.15) is 0 Å².